The van der Waals surface area contributed by atoms with Gasteiger partial charge < -0.3 is 5.32 Å². The highest BCUT2D eigenvalue weighted by molar-refractivity contribution is 9.10. The second-order valence-corrected chi connectivity index (χ2v) is 6.96. The molecule has 1 atom stereocenters. The average molecular weight is 355 g/mol. The molecule has 1 aliphatic rings. The third kappa shape index (κ3) is 2.93. The monoisotopic (exact) mass is 353 g/mol. The molecule has 3 rings (SSSR count). The van der Waals surface area contributed by atoms with Gasteiger partial charge in [-0.25, -0.2) is 0 Å². The van der Waals surface area contributed by atoms with Crippen LogP contribution in [-0.4, -0.2) is 5.75 Å². The molecule has 1 heterocycles. The first-order valence-electron chi connectivity index (χ1n) is 6.17. The number of nitrogens with one attached hydrogen (secondary N) is 1. The van der Waals surface area contributed by atoms with Crippen LogP contribution < -0.4 is 5.32 Å². The first-order chi connectivity index (χ1) is 9.24. The molecule has 0 amide bonds. The number of halogens is 2. The van der Waals surface area contributed by atoms with Gasteiger partial charge in [-0.2, -0.15) is 0 Å². The largest absolute Gasteiger partial charge is 0.377 e. The summed E-state index contributed by atoms with van der Waals surface area (Å²) in [6, 6.07) is 14.9. The van der Waals surface area contributed by atoms with E-state index in [1.807, 2.05) is 30.0 Å². The lowest BCUT2D eigenvalue weighted by molar-refractivity contribution is 0.728. The van der Waals surface area contributed by atoms with Crippen molar-refractivity contribution in [2.45, 2.75) is 17.4 Å². The molecular formula is C15H13BrClNS. The Kier molecular flexibility index (Phi) is 4.06. The van der Waals surface area contributed by atoms with Gasteiger partial charge in [0.25, 0.3) is 0 Å². The molecule has 1 nitrogen and oxygen atoms in total. The molecule has 2 aromatic carbocycles. The van der Waals surface area contributed by atoms with Gasteiger partial charge in [0.2, 0.25) is 0 Å². The minimum absolute atomic E-state index is 0.344. The molecule has 1 aliphatic heterocycles. The van der Waals surface area contributed by atoms with Crippen LogP contribution in [0.15, 0.2) is 51.8 Å². The van der Waals surface area contributed by atoms with Crippen LogP contribution in [0.5, 0.6) is 0 Å². The standard InChI is InChI=1S/C15H13BrClNS/c16-10-5-6-14(12(17)9-10)18-13-7-8-19-15-4-2-1-3-11(13)15/h1-6,9,13,18H,7-8H2. The Hall–Kier alpha value is -0.640. The lowest BCUT2D eigenvalue weighted by atomic mass is 10.0. The van der Waals surface area contributed by atoms with E-state index in [1.54, 1.807) is 0 Å². The molecule has 0 saturated heterocycles. The predicted molar refractivity (Wildman–Crippen MR) is 87.3 cm³/mol. The lowest BCUT2D eigenvalue weighted by Gasteiger charge is -2.27. The van der Waals surface area contributed by atoms with Gasteiger partial charge in [-0.05, 0) is 36.2 Å². The number of hydrogen-bond acceptors (Lipinski definition) is 2. The molecule has 0 aromatic heterocycles. The number of thioether (sulfide) groups is 1. The molecule has 0 saturated carbocycles. The first kappa shape index (κ1) is 13.3. The van der Waals surface area contributed by atoms with Gasteiger partial charge in [0.1, 0.15) is 0 Å². The minimum atomic E-state index is 0.344. The molecule has 98 valence electrons. The Morgan fingerprint density at radius 1 is 1.21 bits per heavy atom. The normalized spacial score (nSPS) is 17.9. The van der Waals surface area contributed by atoms with Gasteiger partial charge in [-0.1, -0.05) is 45.7 Å². The predicted octanol–water partition coefficient (Wildman–Crippen LogP) is 5.75. The van der Waals surface area contributed by atoms with E-state index in [0.29, 0.717) is 6.04 Å². The molecule has 0 fully saturated rings. The number of hydrogen-bond donors (Lipinski definition) is 1. The number of fused-ring (bicyclic) bond motifs is 1. The third-order valence-electron chi connectivity index (χ3n) is 3.22. The van der Waals surface area contributed by atoms with Crippen molar-refractivity contribution >= 4 is 45.0 Å². The minimum Gasteiger partial charge on any atom is -0.377 e. The second-order valence-electron chi connectivity index (χ2n) is 4.50. The lowest BCUT2D eigenvalue weighted by Crippen LogP contribution is -2.16. The van der Waals surface area contributed by atoms with Crippen LogP contribution in [0.1, 0.15) is 18.0 Å². The smallest absolute Gasteiger partial charge is 0.0648 e. The van der Waals surface area contributed by atoms with Crippen LogP contribution in [0.25, 0.3) is 0 Å². The summed E-state index contributed by atoms with van der Waals surface area (Å²) in [7, 11) is 0. The van der Waals surface area contributed by atoms with Crippen molar-refractivity contribution in [2.24, 2.45) is 0 Å². The van der Waals surface area contributed by atoms with Crippen LogP contribution in [0.3, 0.4) is 0 Å². The van der Waals surface area contributed by atoms with E-state index < -0.39 is 0 Å². The van der Waals surface area contributed by atoms with Crippen molar-refractivity contribution in [2.75, 3.05) is 11.1 Å². The van der Waals surface area contributed by atoms with E-state index in [9.17, 15) is 0 Å². The zero-order chi connectivity index (χ0) is 13.2. The molecule has 0 radical (unpaired) electrons. The van der Waals surface area contributed by atoms with Crippen LogP contribution in [-0.2, 0) is 0 Å². The summed E-state index contributed by atoms with van der Waals surface area (Å²) < 4.78 is 1.00. The molecule has 19 heavy (non-hydrogen) atoms. The summed E-state index contributed by atoms with van der Waals surface area (Å²) in [5.74, 6) is 1.14. The van der Waals surface area contributed by atoms with Crippen molar-refractivity contribution in [3.05, 3.63) is 57.5 Å². The second kappa shape index (κ2) is 5.78. The van der Waals surface area contributed by atoms with Gasteiger partial charge in [-0.15, -0.1) is 11.8 Å². The maximum Gasteiger partial charge on any atom is 0.0648 e. The SMILES string of the molecule is Clc1cc(Br)ccc1NC1CCSc2ccccc21. The summed E-state index contributed by atoms with van der Waals surface area (Å²) in [4.78, 5) is 1.37. The molecule has 0 bridgehead atoms. The fraction of sp³-hybridized carbons (Fsp3) is 0.200. The van der Waals surface area contributed by atoms with Gasteiger partial charge in [0, 0.05) is 15.1 Å². The number of benzene rings is 2. The zero-order valence-corrected chi connectivity index (χ0v) is 13.4. The highest BCUT2D eigenvalue weighted by atomic mass is 79.9. The van der Waals surface area contributed by atoms with Crippen LogP contribution in [0, 0.1) is 0 Å². The Bertz CT molecular complexity index is 602. The van der Waals surface area contributed by atoms with Crippen molar-refractivity contribution in [1.82, 2.24) is 0 Å². The Morgan fingerprint density at radius 2 is 2.05 bits per heavy atom. The molecule has 0 spiro atoms. The van der Waals surface area contributed by atoms with Gasteiger partial charge >= 0.3 is 0 Å². The topological polar surface area (TPSA) is 12.0 Å². The summed E-state index contributed by atoms with van der Waals surface area (Å²) >= 11 is 11.6. The van der Waals surface area contributed by atoms with E-state index in [2.05, 4.69) is 45.5 Å². The first-order valence-corrected chi connectivity index (χ1v) is 8.33. The Labute approximate surface area is 130 Å². The van der Waals surface area contributed by atoms with E-state index in [0.717, 1.165) is 27.4 Å². The fourth-order valence-corrected chi connectivity index (χ4v) is 4.14. The fourth-order valence-electron chi connectivity index (χ4n) is 2.29. The van der Waals surface area contributed by atoms with Crippen molar-refractivity contribution in [1.29, 1.82) is 0 Å². The Morgan fingerprint density at radius 3 is 2.89 bits per heavy atom. The highest BCUT2D eigenvalue weighted by Crippen LogP contribution is 2.39. The third-order valence-corrected chi connectivity index (χ3v) is 5.15. The van der Waals surface area contributed by atoms with E-state index >= 15 is 0 Å². The number of anilines is 1. The van der Waals surface area contributed by atoms with Crippen LogP contribution in [0.4, 0.5) is 5.69 Å². The van der Waals surface area contributed by atoms with Crippen molar-refractivity contribution < 1.29 is 0 Å². The molecule has 1 unspecified atom stereocenters. The van der Waals surface area contributed by atoms with E-state index in [4.69, 9.17) is 11.6 Å². The maximum atomic E-state index is 6.28. The van der Waals surface area contributed by atoms with E-state index in [1.165, 1.54) is 10.5 Å². The Balaban J connectivity index is 1.88. The zero-order valence-electron chi connectivity index (χ0n) is 10.2. The highest BCUT2D eigenvalue weighted by Gasteiger charge is 2.20. The summed E-state index contributed by atoms with van der Waals surface area (Å²) in [6.07, 6.45) is 1.12. The van der Waals surface area contributed by atoms with Crippen molar-refractivity contribution in [3.8, 4) is 0 Å². The molecular weight excluding hydrogens is 342 g/mol. The maximum absolute atomic E-state index is 6.28. The number of rotatable bonds is 2. The molecule has 1 N–H and O–H groups in total. The van der Waals surface area contributed by atoms with Gasteiger partial charge in [-0.3, -0.25) is 0 Å². The van der Waals surface area contributed by atoms with Gasteiger partial charge in [0.15, 0.2) is 0 Å². The molecule has 0 aliphatic carbocycles. The molecule has 2 aromatic rings. The van der Waals surface area contributed by atoms with Crippen molar-refractivity contribution in [3.63, 3.8) is 0 Å². The van der Waals surface area contributed by atoms with Crippen LogP contribution in [0.2, 0.25) is 5.02 Å². The van der Waals surface area contributed by atoms with E-state index in [-0.39, 0.29) is 0 Å². The van der Waals surface area contributed by atoms with Gasteiger partial charge in [0.05, 0.1) is 16.8 Å². The quantitative estimate of drug-likeness (QED) is 0.736. The summed E-state index contributed by atoms with van der Waals surface area (Å²) in [5, 5.41) is 4.32. The molecule has 4 heteroatoms. The average Bonchev–Trinajstić information content (AvgIpc) is 2.42. The van der Waals surface area contributed by atoms with Crippen LogP contribution >= 0.6 is 39.3 Å². The summed E-state index contributed by atoms with van der Waals surface area (Å²) in [5.41, 5.74) is 2.37. The summed E-state index contributed by atoms with van der Waals surface area (Å²) in [6.45, 7) is 0.